The maximum Gasteiger partial charge on any atom is 0.216 e. The number of nitrogens with zero attached hydrogens (tertiary/aromatic N) is 3. The average Bonchev–Trinajstić information content (AvgIpc) is 3.00. The Morgan fingerprint density at radius 3 is 2.54 bits per heavy atom. The van der Waals surface area contributed by atoms with Crippen molar-refractivity contribution in [2.75, 3.05) is 0 Å². The lowest BCUT2D eigenvalue weighted by Crippen LogP contribution is -1.98. The Balaban J connectivity index is 1.68. The number of hydrogen-bond donors (Lipinski definition) is 1. The highest BCUT2D eigenvalue weighted by molar-refractivity contribution is 7.71. The molecule has 3 rings (SSSR count). The SMILES string of the molecule is CCc1n[nH]c(=S)n1/N=C/c1ccc(OCc2c(Cl)cccc2Cl)cc1. The predicted octanol–water partition coefficient (Wildman–Crippen LogP) is 5.27. The fourth-order valence-corrected chi connectivity index (χ4v) is 2.98. The van der Waals surface area contributed by atoms with Gasteiger partial charge in [0.1, 0.15) is 12.4 Å². The summed E-state index contributed by atoms with van der Waals surface area (Å²) in [6.45, 7) is 2.30. The van der Waals surface area contributed by atoms with E-state index in [1.54, 1.807) is 29.1 Å². The van der Waals surface area contributed by atoms with Crippen LogP contribution in [0.15, 0.2) is 47.6 Å². The first-order valence-corrected chi connectivity index (χ1v) is 9.11. The van der Waals surface area contributed by atoms with Crippen molar-refractivity contribution in [3.8, 4) is 5.75 Å². The molecule has 0 saturated heterocycles. The number of H-pyrrole nitrogens is 1. The first-order chi connectivity index (χ1) is 12.6. The van der Waals surface area contributed by atoms with E-state index in [1.165, 1.54) is 0 Å². The van der Waals surface area contributed by atoms with Crippen LogP contribution in [0.1, 0.15) is 23.9 Å². The van der Waals surface area contributed by atoms with Crippen LogP contribution < -0.4 is 4.74 Å². The van der Waals surface area contributed by atoms with Gasteiger partial charge in [0.05, 0.1) is 6.21 Å². The molecule has 5 nitrogen and oxygen atoms in total. The molecule has 134 valence electrons. The summed E-state index contributed by atoms with van der Waals surface area (Å²) in [7, 11) is 0. The van der Waals surface area contributed by atoms with E-state index in [0.717, 1.165) is 23.4 Å². The molecule has 0 amide bonds. The van der Waals surface area contributed by atoms with Crippen LogP contribution in [-0.2, 0) is 13.0 Å². The molecule has 0 unspecified atom stereocenters. The highest BCUT2D eigenvalue weighted by atomic mass is 35.5. The molecule has 1 heterocycles. The summed E-state index contributed by atoms with van der Waals surface area (Å²) in [6.07, 6.45) is 2.46. The molecule has 3 aromatic rings. The molecule has 0 saturated carbocycles. The lowest BCUT2D eigenvalue weighted by atomic mass is 10.2. The maximum atomic E-state index is 6.15. The molecule has 2 aromatic carbocycles. The molecule has 26 heavy (non-hydrogen) atoms. The number of aryl methyl sites for hydroxylation is 1. The second kappa shape index (κ2) is 8.49. The molecule has 0 fully saturated rings. The molecule has 0 aliphatic carbocycles. The van der Waals surface area contributed by atoms with E-state index in [4.69, 9.17) is 40.2 Å². The van der Waals surface area contributed by atoms with Crippen LogP contribution in [0, 0.1) is 4.77 Å². The van der Waals surface area contributed by atoms with Crippen LogP contribution in [0.2, 0.25) is 10.0 Å². The molecule has 8 heteroatoms. The van der Waals surface area contributed by atoms with Crippen LogP contribution in [-0.4, -0.2) is 21.1 Å². The molecule has 0 aliphatic heterocycles. The predicted molar refractivity (Wildman–Crippen MR) is 107 cm³/mol. The fraction of sp³-hybridized carbons (Fsp3) is 0.167. The number of ether oxygens (including phenoxy) is 1. The second-order valence-electron chi connectivity index (χ2n) is 5.41. The second-order valence-corrected chi connectivity index (χ2v) is 6.61. The van der Waals surface area contributed by atoms with Crippen molar-refractivity contribution >= 4 is 41.6 Å². The molecule has 1 N–H and O–H groups in total. The number of benzene rings is 2. The van der Waals surface area contributed by atoms with E-state index >= 15 is 0 Å². The van der Waals surface area contributed by atoms with E-state index in [0.29, 0.717) is 27.2 Å². The summed E-state index contributed by atoms with van der Waals surface area (Å²) in [5.74, 6) is 1.50. The van der Waals surface area contributed by atoms with Crippen molar-refractivity contribution in [3.63, 3.8) is 0 Å². The number of aromatic nitrogens is 3. The zero-order chi connectivity index (χ0) is 18.5. The number of rotatable bonds is 6. The van der Waals surface area contributed by atoms with Crippen molar-refractivity contribution in [1.82, 2.24) is 14.9 Å². The minimum atomic E-state index is 0.302. The van der Waals surface area contributed by atoms with E-state index in [2.05, 4.69) is 15.3 Å². The molecule has 0 atom stereocenters. The lowest BCUT2D eigenvalue weighted by Gasteiger charge is -2.09. The van der Waals surface area contributed by atoms with Crippen LogP contribution in [0.5, 0.6) is 5.75 Å². The van der Waals surface area contributed by atoms with Crippen LogP contribution in [0.25, 0.3) is 0 Å². The van der Waals surface area contributed by atoms with Crippen LogP contribution in [0.3, 0.4) is 0 Å². The van der Waals surface area contributed by atoms with Crippen molar-refractivity contribution in [2.24, 2.45) is 5.10 Å². The van der Waals surface area contributed by atoms with Gasteiger partial charge in [-0.2, -0.15) is 14.9 Å². The first-order valence-electron chi connectivity index (χ1n) is 7.95. The monoisotopic (exact) mass is 406 g/mol. The minimum absolute atomic E-state index is 0.302. The van der Waals surface area contributed by atoms with Gasteiger partial charge in [0.2, 0.25) is 4.77 Å². The largest absolute Gasteiger partial charge is 0.489 e. The Bertz CT molecular complexity index is 959. The standard InChI is InChI=1S/C18H16Cl2N4OS/c1-2-17-22-23-18(26)24(17)21-10-12-6-8-13(9-7-12)25-11-14-15(19)4-3-5-16(14)20/h3-10H,2,11H2,1H3,(H,23,26)/b21-10+. The van der Waals surface area contributed by atoms with Crippen LogP contribution in [0.4, 0.5) is 0 Å². The topological polar surface area (TPSA) is 55.2 Å². The van der Waals surface area contributed by atoms with Crippen molar-refractivity contribution in [2.45, 2.75) is 20.0 Å². The zero-order valence-corrected chi connectivity index (χ0v) is 16.3. The van der Waals surface area contributed by atoms with Crippen molar-refractivity contribution in [3.05, 3.63) is 74.2 Å². The van der Waals surface area contributed by atoms with E-state index in [-0.39, 0.29) is 0 Å². The molecule has 0 aliphatic rings. The Hall–Kier alpha value is -2.15. The van der Waals surface area contributed by atoms with Gasteiger partial charge >= 0.3 is 0 Å². The summed E-state index contributed by atoms with van der Waals surface area (Å²) >= 11 is 17.5. The van der Waals surface area contributed by atoms with E-state index in [1.807, 2.05) is 31.2 Å². The Morgan fingerprint density at radius 2 is 1.88 bits per heavy atom. The number of hydrogen-bond acceptors (Lipinski definition) is 4. The van der Waals surface area contributed by atoms with Gasteiger partial charge in [-0.05, 0) is 54.2 Å². The first kappa shape index (κ1) is 18.6. The summed E-state index contributed by atoms with van der Waals surface area (Å²) < 4.78 is 7.84. The van der Waals surface area contributed by atoms with Gasteiger partial charge in [-0.25, -0.2) is 0 Å². The smallest absolute Gasteiger partial charge is 0.216 e. The summed E-state index contributed by atoms with van der Waals surface area (Å²) in [4.78, 5) is 0. The summed E-state index contributed by atoms with van der Waals surface area (Å²) in [5.41, 5.74) is 1.68. The molecule has 0 radical (unpaired) electrons. The summed E-state index contributed by atoms with van der Waals surface area (Å²) in [6, 6.07) is 12.9. The molecule has 0 bridgehead atoms. The van der Waals surface area contributed by atoms with Gasteiger partial charge in [-0.15, -0.1) is 0 Å². The number of nitrogens with one attached hydrogen (secondary N) is 1. The third-order valence-electron chi connectivity index (χ3n) is 3.68. The van der Waals surface area contributed by atoms with E-state index in [9.17, 15) is 0 Å². The average molecular weight is 407 g/mol. The van der Waals surface area contributed by atoms with Gasteiger partial charge in [-0.3, -0.25) is 5.10 Å². The number of halogens is 2. The normalized spacial score (nSPS) is 11.2. The molecular formula is C18H16Cl2N4OS. The van der Waals surface area contributed by atoms with Crippen molar-refractivity contribution < 1.29 is 4.74 Å². The quantitative estimate of drug-likeness (QED) is 0.447. The molecule has 0 spiro atoms. The summed E-state index contributed by atoms with van der Waals surface area (Å²) in [5, 5.41) is 12.4. The van der Waals surface area contributed by atoms with Gasteiger partial charge in [-0.1, -0.05) is 36.2 Å². The van der Waals surface area contributed by atoms with Crippen molar-refractivity contribution in [1.29, 1.82) is 0 Å². The van der Waals surface area contributed by atoms with Crippen LogP contribution >= 0.6 is 35.4 Å². The highest BCUT2D eigenvalue weighted by Crippen LogP contribution is 2.25. The Labute approximate surface area is 166 Å². The third-order valence-corrected chi connectivity index (χ3v) is 4.65. The third kappa shape index (κ3) is 4.33. The number of aromatic amines is 1. The Morgan fingerprint density at radius 1 is 1.19 bits per heavy atom. The maximum absolute atomic E-state index is 6.15. The molecule has 1 aromatic heterocycles. The van der Waals surface area contributed by atoms with Gasteiger partial charge in [0.15, 0.2) is 5.82 Å². The van der Waals surface area contributed by atoms with Gasteiger partial charge in [0, 0.05) is 22.0 Å². The highest BCUT2D eigenvalue weighted by Gasteiger charge is 2.06. The zero-order valence-electron chi connectivity index (χ0n) is 13.9. The minimum Gasteiger partial charge on any atom is -0.489 e. The molecular weight excluding hydrogens is 391 g/mol. The van der Waals surface area contributed by atoms with Gasteiger partial charge in [0.25, 0.3) is 0 Å². The fourth-order valence-electron chi connectivity index (χ4n) is 2.27. The Kier molecular flexibility index (Phi) is 6.08. The lowest BCUT2D eigenvalue weighted by molar-refractivity contribution is 0.306. The van der Waals surface area contributed by atoms with E-state index < -0.39 is 0 Å². The van der Waals surface area contributed by atoms with Gasteiger partial charge < -0.3 is 4.74 Å².